The Hall–Kier alpha value is -1.08. The van der Waals surface area contributed by atoms with Crippen molar-refractivity contribution >= 4 is 49.5 Å². The second-order valence-corrected chi connectivity index (χ2v) is 6.01. The van der Waals surface area contributed by atoms with E-state index in [1.807, 2.05) is 6.07 Å². The Morgan fingerprint density at radius 3 is 2.74 bits per heavy atom. The van der Waals surface area contributed by atoms with Crippen LogP contribution in [0, 0.1) is 0 Å². The molecule has 0 aromatic heterocycles. The van der Waals surface area contributed by atoms with Gasteiger partial charge in [-0.25, -0.2) is 9.59 Å². The Labute approximate surface area is 127 Å². The Morgan fingerprint density at radius 1 is 1.37 bits per heavy atom. The first-order valence-corrected chi connectivity index (χ1v) is 7.33. The molecule has 0 unspecified atom stereocenters. The van der Waals surface area contributed by atoms with Crippen molar-refractivity contribution in [3.8, 4) is 0 Å². The van der Waals surface area contributed by atoms with Gasteiger partial charge in [-0.05, 0) is 47.0 Å². The van der Waals surface area contributed by atoms with Crippen LogP contribution in [-0.4, -0.2) is 34.6 Å². The third-order valence-electron chi connectivity index (χ3n) is 2.97. The number of halogens is 2. The Bertz CT molecular complexity index is 522. The number of carbonyl (C=O) groups is 2. The summed E-state index contributed by atoms with van der Waals surface area (Å²) in [6, 6.07) is 4.26. The summed E-state index contributed by atoms with van der Waals surface area (Å²) >= 11 is 6.68. The van der Waals surface area contributed by atoms with Crippen molar-refractivity contribution in [2.45, 2.75) is 18.9 Å². The summed E-state index contributed by atoms with van der Waals surface area (Å²) in [4.78, 5) is 24.5. The molecule has 1 aromatic carbocycles. The lowest BCUT2D eigenvalue weighted by atomic mass is 10.2. The number of nitrogens with one attached hydrogen (secondary N) is 1. The number of hydrogen-bond donors (Lipinski definition) is 2. The molecule has 1 aliphatic rings. The van der Waals surface area contributed by atoms with Crippen LogP contribution in [-0.2, 0) is 4.79 Å². The van der Waals surface area contributed by atoms with Gasteiger partial charge < -0.3 is 15.3 Å². The standard InChI is InChI=1S/C12H12Br2N2O3/c13-7-3-4-9(8(14)6-7)15-12(19)16-5-1-2-10(16)11(17)18/h3-4,6,10H,1-2,5H2,(H,15,19)(H,17,18)/t10-/m1/s1. The third-order valence-corrected chi connectivity index (χ3v) is 4.12. The molecule has 102 valence electrons. The molecule has 1 fully saturated rings. The number of likely N-dealkylation sites (tertiary alicyclic amines) is 1. The summed E-state index contributed by atoms with van der Waals surface area (Å²) in [5.41, 5.74) is 0.615. The molecule has 19 heavy (non-hydrogen) atoms. The highest BCUT2D eigenvalue weighted by Gasteiger charge is 2.34. The second-order valence-electron chi connectivity index (χ2n) is 4.24. The fourth-order valence-electron chi connectivity index (χ4n) is 2.04. The molecule has 1 heterocycles. The van der Waals surface area contributed by atoms with E-state index >= 15 is 0 Å². The molecule has 7 heteroatoms. The number of carboxylic acids is 1. The van der Waals surface area contributed by atoms with Crippen LogP contribution in [0.3, 0.4) is 0 Å². The topological polar surface area (TPSA) is 69.6 Å². The van der Waals surface area contributed by atoms with Crippen LogP contribution >= 0.6 is 31.9 Å². The predicted molar refractivity (Wildman–Crippen MR) is 78.2 cm³/mol. The fraction of sp³-hybridized carbons (Fsp3) is 0.333. The summed E-state index contributed by atoms with van der Waals surface area (Å²) in [5, 5.41) is 11.8. The van der Waals surface area contributed by atoms with Gasteiger partial charge in [0.15, 0.2) is 0 Å². The van der Waals surface area contributed by atoms with Crippen LogP contribution in [0.15, 0.2) is 27.1 Å². The molecule has 0 radical (unpaired) electrons. The average Bonchev–Trinajstić information content (AvgIpc) is 2.82. The zero-order valence-electron chi connectivity index (χ0n) is 9.90. The predicted octanol–water partition coefficient (Wildman–Crippen LogP) is 3.29. The molecule has 2 N–H and O–H groups in total. The molecule has 1 aliphatic heterocycles. The van der Waals surface area contributed by atoms with Gasteiger partial charge in [-0.1, -0.05) is 15.9 Å². The van der Waals surface area contributed by atoms with Crippen molar-refractivity contribution in [1.29, 1.82) is 0 Å². The number of benzene rings is 1. The first-order valence-electron chi connectivity index (χ1n) is 5.74. The quantitative estimate of drug-likeness (QED) is 0.812. The highest BCUT2D eigenvalue weighted by atomic mass is 79.9. The van der Waals surface area contributed by atoms with Crippen molar-refractivity contribution in [3.63, 3.8) is 0 Å². The van der Waals surface area contributed by atoms with E-state index < -0.39 is 12.0 Å². The number of urea groups is 1. The summed E-state index contributed by atoms with van der Waals surface area (Å²) in [7, 11) is 0. The highest BCUT2D eigenvalue weighted by Crippen LogP contribution is 2.27. The van der Waals surface area contributed by atoms with Crippen LogP contribution in [0.2, 0.25) is 0 Å². The van der Waals surface area contributed by atoms with E-state index in [1.165, 1.54) is 4.90 Å². The van der Waals surface area contributed by atoms with Crippen molar-refractivity contribution in [2.24, 2.45) is 0 Å². The number of anilines is 1. The zero-order valence-corrected chi connectivity index (χ0v) is 13.1. The van der Waals surface area contributed by atoms with Gasteiger partial charge >= 0.3 is 12.0 Å². The lowest BCUT2D eigenvalue weighted by Gasteiger charge is -2.22. The number of carbonyl (C=O) groups excluding carboxylic acids is 1. The van der Waals surface area contributed by atoms with Gasteiger partial charge in [0.25, 0.3) is 0 Å². The van der Waals surface area contributed by atoms with Gasteiger partial charge in [0.2, 0.25) is 0 Å². The lowest BCUT2D eigenvalue weighted by molar-refractivity contribution is -0.141. The maximum Gasteiger partial charge on any atom is 0.326 e. The molecule has 0 aliphatic carbocycles. The van der Waals surface area contributed by atoms with Gasteiger partial charge in [0.1, 0.15) is 6.04 Å². The van der Waals surface area contributed by atoms with Gasteiger partial charge in [0, 0.05) is 15.5 Å². The largest absolute Gasteiger partial charge is 0.480 e. The summed E-state index contributed by atoms with van der Waals surface area (Å²) in [6.45, 7) is 0.469. The number of hydrogen-bond acceptors (Lipinski definition) is 2. The van der Waals surface area contributed by atoms with E-state index in [1.54, 1.807) is 12.1 Å². The Balaban J connectivity index is 2.10. The fourth-order valence-corrected chi connectivity index (χ4v) is 3.19. The first kappa shape index (κ1) is 14.3. The van der Waals surface area contributed by atoms with Crippen LogP contribution < -0.4 is 5.32 Å². The van der Waals surface area contributed by atoms with Crippen molar-refractivity contribution < 1.29 is 14.7 Å². The molecule has 1 aromatic rings. The van der Waals surface area contributed by atoms with Gasteiger partial charge in [0.05, 0.1) is 5.69 Å². The molecule has 2 rings (SSSR count). The van der Waals surface area contributed by atoms with Gasteiger partial charge in [-0.15, -0.1) is 0 Å². The minimum absolute atomic E-state index is 0.382. The molecule has 2 amide bonds. The third kappa shape index (κ3) is 3.27. The van der Waals surface area contributed by atoms with E-state index in [2.05, 4.69) is 37.2 Å². The minimum Gasteiger partial charge on any atom is -0.480 e. The Kier molecular flexibility index (Phi) is 4.46. The van der Waals surface area contributed by atoms with E-state index in [-0.39, 0.29) is 6.03 Å². The van der Waals surface area contributed by atoms with Gasteiger partial charge in [-0.3, -0.25) is 0 Å². The number of amides is 2. The molecular weight excluding hydrogens is 380 g/mol. The van der Waals surface area contributed by atoms with Crippen LogP contribution in [0.1, 0.15) is 12.8 Å². The van der Waals surface area contributed by atoms with Crippen LogP contribution in [0.25, 0.3) is 0 Å². The molecular formula is C12H12Br2N2O3. The van der Waals surface area contributed by atoms with E-state index in [0.29, 0.717) is 25.1 Å². The second kappa shape index (κ2) is 5.92. The van der Waals surface area contributed by atoms with Gasteiger partial charge in [-0.2, -0.15) is 0 Å². The number of rotatable bonds is 2. The van der Waals surface area contributed by atoms with Crippen LogP contribution in [0.5, 0.6) is 0 Å². The maximum atomic E-state index is 12.1. The SMILES string of the molecule is O=C(O)[C@H]1CCCN1C(=O)Nc1ccc(Br)cc1Br. The summed E-state index contributed by atoms with van der Waals surface area (Å²) in [6.07, 6.45) is 1.22. The summed E-state index contributed by atoms with van der Waals surface area (Å²) in [5.74, 6) is -0.956. The minimum atomic E-state index is -0.956. The number of carboxylic acid groups (broad SMARTS) is 1. The smallest absolute Gasteiger partial charge is 0.326 e. The zero-order chi connectivity index (χ0) is 14.0. The first-order chi connectivity index (χ1) is 8.99. The highest BCUT2D eigenvalue weighted by molar-refractivity contribution is 9.11. The van der Waals surface area contributed by atoms with E-state index in [4.69, 9.17) is 5.11 Å². The van der Waals surface area contributed by atoms with E-state index in [9.17, 15) is 9.59 Å². The van der Waals surface area contributed by atoms with E-state index in [0.717, 1.165) is 8.95 Å². The average molecular weight is 392 g/mol. The molecule has 0 bridgehead atoms. The number of nitrogens with zero attached hydrogens (tertiary/aromatic N) is 1. The summed E-state index contributed by atoms with van der Waals surface area (Å²) < 4.78 is 1.63. The maximum absolute atomic E-state index is 12.1. The Morgan fingerprint density at radius 2 is 2.11 bits per heavy atom. The van der Waals surface area contributed by atoms with Crippen molar-refractivity contribution in [1.82, 2.24) is 4.90 Å². The lowest BCUT2D eigenvalue weighted by Crippen LogP contribution is -2.42. The molecule has 1 saturated heterocycles. The monoisotopic (exact) mass is 390 g/mol. The normalized spacial score (nSPS) is 18.4. The van der Waals surface area contributed by atoms with Crippen molar-refractivity contribution in [2.75, 3.05) is 11.9 Å². The van der Waals surface area contributed by atoms with Crippen LogP contribution in [0.4, 0.5) is 10.5 Å². The molecule has 5 nitrogen and oxygen atoms in total. The molecule has 0 saturated carbocycles. The van der Waals surface area contributed by atoms with Crippen molar-refractivity contribution in [3.05, 3.63) is 27.1 Å². The molecule has 1 atom stereocenters. The number of aliphatic carboxylic acids is 1. The molecule has 0 spiro atoms.